The number of furan rings is 1. The summed E-state index contributed by atoms with van der Waals surface area (Å²) < 4.78 is 50.9. The Labute approximate surface area is 188 Å². The number of rotatable bonds is 6. The number of carboxylic acids is 1. The number of aliphatic carboxylic acids is 1. The molecule has 0 aliphatic carbocycles. The zero-order valence-corrected chi connectivity index (χ0v) is 18.8. The predicted octanol–water partition coefficient (Wildman–Crippen LogP) is 2.77. The minimum atomic E-state index is -3.69. The van der Waals surface area contributed by atoms with Crippen molar-refractivity contribution < 1.29 is 36.7 Å². The number of benzene rings is 2. The van der Waals surface area contributed by atoms with Gasteiger partial charge in [-0.2, -0.15) is 0 Å². The van der Waals surface area contributed by atoms with Crippen LogP contribution in [-0.4, -0.2) is 51.9 Å². The SMILES string of the molecule is CNC(=O)c1c(-c2ccc(F)cc2)oc2cc(N(C)S(C)(=O)=O)c3c(c12)CC(CC(=O)O)O3. The lowest BCUT2D eigenvalue weighted by atomic mass is 9.97. The number of anilines is 1. The molecule has 1 atom stereocenters. The number of halogens is 1. The maximum atomic E-state index is 13.5. The number of hydrogen-bond acceptors (Lipinski definition) is 6. The average molecular weight is 476 g/mol. The number of sulfonamides is 1. The van der Waals surface area contributed by atoms with E-state index >= 15 is 0 Å². The third-order valence-electron chi connectivity index (χ3n) is 5.53. The molecule has 1 aromatic heterocycles. The number of ether oxygens (including phenoxy) is 1. The van der Waals surface area contributed by atoms with Gasteiger partial charge in [-0.25, -0.2) is 12.8 Å². The summed E-state index contributed by atoms with van der Waals surface area (Å²) in [5.74, 6) is -1.65. The van der Waals surface area contributed by atoms with E-state index in [9.17, 15) is 27.5 Å². The van der Waals surface area contributed by atoms with Crippen molar-refractivity contribution >= 4 is 38.6 Å². The molecule has 2 N–H and O–H groups in total. The molecule has 2 heterocycles. The highest BCUT2D eigenvalue weighted by atomic mass is 32.2. The summed E-state index contributed by atoms with van der Waals surface area (Å²) in [4.78, 5) is 24.2. The van der Waals surface area contributed by atoms with Gasteiger partial charge in [0, 0.05) is 43.1 Å². The summed E-state index contributed by atoms with van der Waals surface area (Å²) in [5, 5.41) is 12.2. The van der Waals surface area contributed by atoms with Crippen molar-refractivity contribution in [3.63, 3.8) is 0 Å². The Balaban J connectivity index is 2.04. The zero-order valence-electron chi connectivity index (χ0n) is 18.0. The van der Waals surface area contributed by atoms with Gasteiger partial charge in [-0.3, -0.25) is 13.9 Å². The fourth-order valence-electron chi connectivity index (χ4n) is 3.94. The van der Waals surface area contributed by atoms with E-state index in [1.807, 2.05) is 0 Å². The van der Waals surface area contributed by atoms with E-state index in [0.29, 0.717) is 16.5 Å². The fraction of sp³-hybridized carbons (Fsp3) is 0.273. The molecular weight excluding hydrogens is 455 g/mol. The summed E-state index contributed by atoms with van der Waals surface area (Å²) >= 11 is 0. The molecule has 3 aromatic rings. The van der Waals surface area contributed by atoms with Crippen LogP contribution in [0.5, 0.6) is 5.75 Å². The van der Waals surface area contributed by atoms with Crippen LogP contribution in [0.2, 0.25) is 0 Å². The van der Waals surface area contributed by atoms with Gasteiger partial charge in [0.1, 0.15) is 29.0 Å². The van der Waals surface area contributed by atoms with Crippen molar-refractivity contribution in [3.05, 3.63) is 47.3 Å². The number of carboxylic acid groups (broad SMARTS) is 1. The van der Waals surface area contributed by atoms with Gasteiger partial charge in [0.25, 0.3) is 5.91 Å². The van der Waals surface area contributed by atoms with Gasteiger partial charge in [0.05, 0.1) is 23.9 Å². The molecule has 1 unspecified atom stereocenters. The number of nitrogens with one attached hydrogen (secondary N) is 1. The zero-order chi connectivity index (χ0) is 24.1. The number of carbonyl (C=O) groups excluding carboxylic acids is 1. The first-order valence-electron chi connectivity index (χ1n) is 9.94. The van der Waals surface area contributed by atoms with Crippen LogP contribution in [0.15, 0.2) is 34.7 Å². The van der Waals surface area contributed by atoms with Crippen LogP contribution in [0, 0.1) is 5.82 Å². The van der Waals surface area contributed by atoms with Crippen molar-refractivity contribution in [1.82, 2.24) is 5.32 Å². The first kappa shape index (κ1) is 22.6. The number of amides is 1. The van der Waals surface area contributed by atoms with Gasteiger partial charge in [-0.15, -0.1) is 0 Å². The van der Waals surface area contributed by atoms with E-state index < -0.39 is 33.8 Å². The molecule has 9 nitrogen and oxygen atoms in total. The molecule has 1 amide bonds. The first-order chi connectivity index (χ1) is 15.5. The smallest absolute Gasteiger partial charge is 0.307 e. The maximum Gasteiger partial charge on any atom is 0.307 e. The van der Waals surface area contributed by atoms with Crippen LogP contribution in [0.25, 0.3) is 22.3 Å². The summed E-state index contributed by atoms with van der Waals surface area (Å²) in [6, 6.07) is 6.84. The Kier molecular flexibility index (Phi) is 5.52. The van der Waals surface area contributed by atoms with Gasteiger partial charge in [0.15, 0.2) is 0 Å². The van der Waals surface area contributed by atoms with E-state index in [2.05, 4.69) is 5.32 Å². The highest BCUT2D eigenvalue weighted by molar-refractivity contribution is 7.92. The van der Waals surface area contributed by atoms with Gasteiger partial charge in [0.2, 0.25) is 10.0 Å². The highest BCUT2D eigenvalue weighted by Crippen LogP contribution is 2.48. The molecule has 0 fully saturated rings. The molecule has 33 heavy (non-hydrogen) atoms. The Morgan fingerprint density at radius 3 is 2.52 bits per heavy atom. The standard InChI is InChI=1S/C22H21FN2O7S/c1-24-22(28)19-18-14-8-13(9-17(26)27)31-21(14)15(25(2)33(3,29)30)10-16(18)32-20(19)11-4-6-12(23)7-5-11/h4-7,10,13H,8-9H2,1-3H3,(H,24,28)(H,26,27). The van der Waals surface area contributed by atoms with Crippen molar-refractivity contribution in [2.24, 2.45) is 0 Å². The third kappa shape index (κ3) is 3.99. The lowest BCUT2D eigenvalue weighted by Gasteiger charge is -2.20. The monoisotopic (exact) mass is 476 g/mol. The lowest BCUT2D eigenvalue weighted by Crippen LogP contribution is -2.25. The largest absolute Gasteiger partial charge is 0.487 e. The minimum absolute atomic E-state index is 0.135. The number of carbonyl (C=O) groups is 2. The van der Waals surface area contributed by atoms with Gasteiger partial charge in [-0.1, -0.05) is 0 Å². The Bertz CT molecular complexity index is 1380. The summed E-state index contributed by atoms with van der Waals surface area (Å²) in [5.41, 5.74) is 1.47. The van der Waals surface area contributed by atoms with Crippen molar-refractivity contribution in [3.8, 4) is 17.1 Å². The summed E-state index contributed by atoms with van der Waals surface area (Å²) in [7, 11) is -0.902. The number of fused-ring (bicyclic) bond motifs is 3. The summed E-state index contributed by atoms with van der Waals surface area (Å²) in [6.45, 7) is 0. The topological polar surface area (TPSA) is 126 Å². The quantitative estimate of drug-likeness (QED) is 0.560. The van der Waals surface area contributed by atoms with Crippen molar-refractivity contribution in [2.45, 2.75) is 18.9 Å². The molecular formula is C22H21FN2O7S. The maximum absolute atomic E-state index is 13.5. The van der Waals surface area contributed by atoms with Crippen LogP contribution >= 0.6 is 0 Å². The molecule has 0 bridgehead atoms. The first-order valence-corrected chi connectivity index (χ1v) is 11.8. The molecule has 1 aliphatic heterocycles. The molecule has 0 saturated heterocycles. The molecule has 1 aliphatic rings. The van der Waals surface area contributed by atoms with Gasteiger partial charge in [-0.05, 0) is 24.3 Å². The van der Waals surface area contributed by atoms with Crippen LogP contribution in [0.4, 0.5) is 10.1 Å². The second-order valence-electron chi connectivity index (χ2n) is 7.74. The Hall–Kier alpha value is -3.60. The van der Waals surface area contributed by atoms with Gasteiger partial charge < -0.3 is 19.6 Å². The van der Waals surface area contributed by atoms with Crippen LogP contribution in [0.1, 0.15) is 22.3 Å². The Morgan fingerprint density at radius 2 is 1.94 bits per heavy atom. The van der Waals surface area contributed by atoms with Gasteiger partial charge >= 0.3 is 5.97 Å². The van der Waals surface area contributed by atoms with Crippen LogP contribution < -0.4 is 14.4 Å². The molecule has 0 radical (unpaired) electrons. The molecule has 0 spiro atoms. The average Bonchev–Trinajstić information content (AvgIpc) is 3.32. The van der Waals surface area contributed by atoms with E-state index in [1.165, 1.54) is 44.4 Å². The molecule has 0 saturated carbocycles. The molecule has 174 valence electrons. The number of hydrogen-bond donors (Lipinski definition) is 2. The third-order valence-corrected chi connectivity index (χ3v) is 6.72. The minimum Gasteiger partial charge on any atom is -0.487 e. The fourth-order valence-corrected chi connectivity index (χ4v) is 4.43. The van der Waals surface area contributed by atoms with Crippen molar-refractivity contribution in [2.75, 3.05) is 24.7 Å². The van der Waals surface area contributed by atoms with Crippen molar-refractivity contribution in [1.29, 1.82) is 0 Å². The van der Waals surface area contributed by atoms with E-state index in [0.717, 1.165) is 10.6 Å². The van der Waals surface area contributed by atoms with E-state index in [-0.39, 0.29) is 41.2 Å². The molecule has 2 aromatic carbocycles. The number of nitrogens with zero attached hydrogens (tertiary/aromatic N) is 1. The van der Waals surface area contributed by atoms with E-state index in [4.69, 9.17) is 9.15 Å². The normalized spacial score (nSPS) is 15.2. The predicted molar refractivity (Wildman–Crippen MR) is 119 cm³/mol. The van der Waals surface area contributed by atoms with Crippen LogP contribution in [-0.2, 0) is 21.2 Å². The highest BCUT2D eigenvalue weighted by Gasteiger charge is 2.36. The molecule has 4 rings (SSSR count). The van der Waals surface area contributed by atoms with Crippen LogP contribution in [0.3, 0.4) is 0 Å². The van der Waals surface area contributed by atoms with E-state index in [1.54, 1.807) is 0 Å². The lowest BCUT2D eigenvalue weighted by molar-refractivity contribution is -0.138. The summed E-state index contributed by atoms with van der Waals surface area (Å²) in [6.07, 6.45) is 0.0954. The second-order valence-corrected chi connectivity index (χ2v) is 9.75. The molecule has 11 heteroatoms. The Morgan fingerprint density at radius 1 is 1.27 bits per heavy atom. The second kappa shape index (κ2) is 8.07.